The van der Waals surface area contributed by atoms with Crippen molar-refractivity contribution >= 4 is 35.0 Å². The summed E-state index contributed by atoms with van der Waals surface area (Å²) in [6.07, 6.45) is 0. The maximum absolute atomic E-state index is 12.3. The monoisotopic (exact) mass is 335 g/mol. The van der Waals surface area contributed by atoms with Crippen LogP contribution in [0.1, 0.15) is 12.5 Å². The van der Waals surface area contributed by atoms with Crippen molar-refractivity contribution in [3.05, 3.63) is 53.1 Å². The average Bonchev–Trinajstić information content (AvgIpc) is 2.50. The van der Waals surface area contributed by atoms with Gasteiger partial charge >= 0.3 is 0 Å². The first-order valence-corrected chi connectivity index (χ1v) is 8.13. The van der Waals surface area contributed by atoms with Crippen LogP contribution in [0.4, 0.5) is 5.69 Å². The highest BCUT2D eigenvalue weighted by atomic mass is 35.5. The highest BCUT2D eigenvalue weighted by Gasteiger charge is 2.15. The van der Waals surface area contributed by atoms with Gasteiger partial charge in [0.1, 0.15) is 5.75 Å². The van der Waals surface area contributed by atoms with E-state index in [0.29, 0.717) is 5.02 Å². The molecule has 0 heterocycles. The summed E-state index contributed by atoms with van der Waals surface area (Å²) < 4.78 is 5.12. The molecular formula is C17H18ClNO2S. The van der Waals surface area contributed by atoms with E-state index >= 15 is 0 Å². The van der Waals surface area contributed by atoms with Crippen molar-refractivity contribution < 1.29 is 9.53 Å². The van der Waals surface area contributed by atoms with Gasteiger partial charge in [0.05, 0.1) is 12.4 Å². The first-order valence-electron chi connectivity index (χ1n) is 6.87. The summed E-state index contributed by atoms with van der Waals surface area (Å²) in [4.78, 5) is 13.3. The summed E-state index contributed by atoms with van der Waals surface area (Å²) in [5.74, 6) is 0.768. The molecule has 0 unspecified atom stereocenters. The summed E-state index contributed by atoms with van der Waals surface area (Å²) in [6, 6.07) is 13.1. The Kier molecular flexibility index (Phi) is 5.75. The van der Waals surface area contributed by atoms with Gasteiger partial charge < -0.3 is 10.1 Å². The number of amides is 1. The molecule has 0 radical (unpaired) electrons. The van der Waals surface area contributed by atoms with Gasteiger partial charge in [0.2, 0.25) is 5.91 Å². The quantitative estimate of drug-likeness (QED) is 0.799. The predicted octanol–water partition coefficient (Wildman–Crippen LogP) is 4.78. The molecule has 0 aliphatic heterocycles. The molecule has 0 fully saturated rings. The molecule has 0 bridgehead atoms. The molecule has 2 rings (SSSR count). The van der Waals surface area contributed by atoms with Crippen LogP contribution in [0.3, 0.4) is 0 Å². The molecule has 3 nitrogen and oxygen atoms in total. The summed E-state index contributed by atoms with van der Waals surface area (Å²) >= 11 is 7.43. The third-order valence-electron chi connectivity index (χ3n) is 3.19. The zero-order chi connectivity index (χ0) is 16.1. The van der Waals surface area contributed by atoms with Crippen LogP contribution in [-0.4, -0.2) is 18.3 Å². The number of benzene rings is 2. The van der Waals surface area contributed by atoms with Gasteiger partial charge in [0, 0.05) is 15.6 Å². The van der Waals surface area contributed by atoms with Crippen LogP contribution in [0, 0.1) is 6.92 Å². The SMILES string of the molecule is COc1ccc(S[C@H](C)C(=O)Nc2ccc(Cl)cc2C)cc1. The molecular weight excluding hydrogens is 318 g/mol. The molecule has 0 saturated carbocycles. The molecule has 1 atom stereocenters. The van der Waals surface area contributed by atoms with Gasteiger partial charge in [-0.2, -0.15) is 0 Å². The van der Waals surface area contributed by atoms with Gasteiger partial charge in [-0.1, -0.05) is 11.6 Å². The molecule has 0 saturated heterocycles. The number of carbonyl (C=O) groups excluding carboxylic acids is 1. The van der Waals surface area contributed by atoms with E-state index in [2.05, 4.69) is 5.32 Å². The van der Waals surface area contributed by atoms with Gasteiger partial charge in [-0.3, -0.25) is 4.79 Å². The number of hydrogen-bond acceptors (Lipinski definition) is 3. The Hall–Kier alpha value is -1.65. The highest BCUT2D eigenvalue weighted by molar-refractivity contribution is 8.00. The zero-order valence-corrected chi connectivity index (χ0v) is 14.3. The van der Waals surface area contributed by atoms with Gasteiger partial charge in [0.15, 0.2) is 0 Å². The minimum atomic E-state index is -0.205. The molecule has 22 heavy (non-hydrogen) atoms. The van der Waals surface area contributed by atoms with Crippen LogP contribution >= 0.6 is 23.4 Å². The Labute approximate surface area is 140 Å². The standard InChI is InChI=1S/C17H18ClNO2S/c1-11-10-13(18)4-9-16(11)19-17(20)12(2)22-15-7-5-14(21-3)6-8-15/h4-10,12H,1-3H3,(H,19,20)/t12-/m1/s1. The lowest BCUT2D eigenvalue weighted by Gasteiger charge is -2.14. The molecule has 5 heteroatoms. The minimum absolute atomic E-state index is 0.0359. The topological polar surface area (TPSA) is 38.3 Å². The van der Waals surface area contributed by atoms with Crippen molar-refractivity contribution in [2.24, 2.45) is 0 Å². The van der Waals surface area contributed by atoms with E-state index in [0.717, 1.165) is 21.9 Å². The first-order chi connectivity index (χ1) is 10.5. The van der Waals surface area contributed by atoms with Crippen LogP contribution in [-0.2, 0) is 4.79 Å². The van der Waals surface area contributed by atoms with Crippen molar-refractivity contribution in [2.45, 2.75) is 24.0 Å². The number of nitrogens with one attached hydrogen (secondary N) is 1. The van der Waals surface area contributed by atoms with E-state index < -0.39 is 0 Å². The Morgan fingerprint density at radius 2 is 1.91 bits per heavy atom. The van der Waals surface area contributed by atoms with E-state index in [1.54, 1.807) is 13.2 Å². The summed E-state index contributed by atoms with van der Waals surface area (Å²) in [5, 5.41) is 3.39. The number of thioether (sulfide) groups is 1. The third kappa shape index (κ3) is 4.42. The molecule has 0 aliphatic carbocycles. The summed E-state index contributed by atoms with van der Waals surface area (Å²) in [6.45, 7) is 3.80. The van der Waals surface area contributed by atoms with Crippen LogP contribution < -0.4 is 10.1 Å². The number of aryl methyl sites for hydroxylation is 1. The number of anilines is 1. The molecule has 2 aromatic carbocycles. The van der Waals surface area contributed by atoms with Crippen molar-refractivity contribution in [2.75, 3.05) is 12.4 Å². The van der Waals surface area contributed by atoms with E-state index in [1.165, 1.54) is 11.8 Å². The number of ether oxygens (including phenoxy) is 1. The number of carbonyl (C=O) groups is 1. The van der Waals surface area contributed by atoms with E-state index in [9.17, 15) is 4.79 Å². The normalized spacial score (nSPS) is 11.8. The van der Waals surface area contributed by atoms with Crippen molar-refractivity contribution in [3.63, 3.8) is 0 Å². The first kappa shape index (κ1) is 16.7. The lowest BCUT2D eigenvalue weighted by atomic mass is 10.2. The fourth-order valence-electron chi connectivity index (χ4n) is 1.91. The summed E-state index contributed by atoms with van der Waals surface area (Å²) in [5.41, 5.74) is 1.74. The predicted molar refractivity (Wildman–Crippen MR) is 93.1 cm³/mol. The van der Waals surface area contributed by atoms with Crippen molar-refractivity contribution in [3.8, 4) is 5.75 Å². The van der Waals surface area contributed by atoms with E-state index in [1.807, 2.05) is 50.2 Å². The smallest absolute Gasteiger partial charge is 0.237 e. The second-order valence-corrected chi connectivity index (χ2v) is 6.73. The maximum Gasteiger partial charge on any atom is 0.237 e. The van der Waals surface area contributed by atoms with Crippen LogP contribution in [0.25, 0.3) is 0 Å². The van der Waals surface area contributed by atoms with Gasteiger partial charge in [-0.25, -0.2) is 0 Å². The van der Waals surface area contributed by atoms with Gasteiger partial charge in [0.25, 0.3) is 0 Å². The number of hydrogen-bond donors (Lipinski definition) is 1. The van der Waals surface area contributed by atoms with Gasteiger partial charge in [-0.15, -0.1) is 11.8 Å². The number of halogens is 1. The molecule has 0 spiro atoms. The minimum Gasteiger partial charge on any atom is -0.497 e. The lowest BCUT2D eigenvalue weighted by Crippen LogP contribution is -2.22. The fourth-order valence-corrected chi connectivity index (χ4v) is 3.01. The maximum atomic E-state index is 12.3. The molecule has 0 aromatic heterocycles. The zero-order valence-electron chi connectivity index (χ0n) is 12.7. The van der Waals surface area contributed by atoms with Crippen molar-refractivity contribution in [1.82, 2.24) is 0 Å². The van der Waals surface area contributed by atoms with Gasteiger partial charge in [-0.05, 0) is 61.9 Å². The largest absolute Gasteiger partial charge is 0.497 e. The van der Waals surface area contributed by atoms with E-state index in [4.69, 9.17) is 16.3 Å². The molecule has 116 valence electrons. The fraction of sp³-hybridized carbons (Fsp3) is 0.235. The number of methoxy groups -OCH3 is 1. The van der Waals surface area contributed by atoms with Crippen molar-refractivity contribution in [1.29, 1.82) is 0 Å². The number of rotatable bonds is 5. The molecule has 1 amide bonds. The third-order valence-corrected chi connectivity index (χ3v) is 4.53. The highest BCUT2D eigenvalue weighted by Crippen LogP contribution is 2.27. The summed E-state index contributed by atoms with van der Waals surface area (Å²) in [7, 11) is 1.63. The van der Waals surface area contributed by atoms with Crippen LogP contribution in [0.15, 0.2) is 47.4 Å². The second-order valence-electron chi connectivity index (χ2n) is 4.88. The Morgan fingerprint density at radius 3 is 2.50 bits per heavy atom. The Balaban J connectivity index is 1.99. The van der Waals surface area contributed by atoms with Crippen LogP contribution in [0.2, 0.25) is 5.02 Å². The molecule has 1 N–H and O–H groups in total. The van der Waals surface area contributed by atoms with Crippen LogP contribution in [0.5, 0.6) is 5.75 Å². The second kappa shape index (κ2) is 7.56. The molecule has 2 aromatic rings. The van der Waals surface area contributed by atoms with E-state index in [-0.39, 0.29) is 11.2 Å². The Morgan fingerprint density at radius 1 is 1.23 bits per heavy atom. The molecule has 0 aliphatic rings. The lowest BCUT2D eigenvalue weighted by molar-refractivity contribution is -0.115. The average molecular weight is 336 g/mol. The Bertz CT molecular complexity index is 658.